The van der Waals surface area contributed by atoms with Crippen LogP contribution in [0.5, 0.6) is 0 Å². The third kappa shape index (κ3) is 2.91. The van der Waals surface area contributed by atoms with Gasteiger partial charge in [0.25, 0.3) is 0 Å². The SMILES string of the molecule is CC(=O)OC12CC=C(C)C=CC13CCC2C(C)(C=CC=C(C)C(=O)O)OC3=O. The smallest absolute Gasteiger partial charge is 0.331 e. The van der Waals surface area contributed by atoms with E-state index < -0.39 is 34.5 Å². The van der Waals surface area contributed by atoms with Crippen LogP contribution >= 0.6 is 0 Å². The predicted molar refractivity (Wildman–Crippen MR) is 102 cm³/mol. The van der Waals surface area contributed by atoms with E-state index in [1.807, 2.05) is 25.2 Å². The summed E-state index contributed by atoms with van der Waals surface area (Å²) in [7, 11) is 0. The molecular formula is C22H26O6. The molecule has 3 aliphatic rings. The van der Waals surface area contributed by atoms with Crippen LogP contribution < -0.4 is 0 Å². The molecule has 6 heteroatoms. The van der Waals surface area contributed by atoms with Gasteiger partial charge in [-0.1, -0.05) is 36.0 Å². The van der Waals surface area contributed by atoms with Gasteiger partial charge in [-0.05, 0) is 39.7 Å². The minimum Gasteiger partial charge on any atom is -0.478 e. The average Bonchev–Trinajstić information content (AvgIpc) is 2.77. The van der Waals surface area contributed by atoms with Crippen molar-refractivity contribution in [2.45, 2.75) is 58.2 Å². The number of rotatable bonds is 4. The van der Waals surface area contributed by atoms with Gasteiger partial charge in [-0.15, -0.1) is 0 Å². The van der Waals surface area contributed by atoms with Crippen LogP contribution in [0.1, 0.15) is 47.0 Å². The van der Waals surface area contributed by atoms with Gasteiger partial charge in [0, 0.05) is 24.8 Å². The molecule has 0 aromatic heterocycles. The summed E-state index contributed by atoms with van der Waals surface area (Å²) >= 11 is 0. The van der Waals surface area contributed by atoms with Gasteiger partial charge in [0.1, 0.15) is 16.6 Å². The number of hydrogen-bond donors (Lipinski definition) is 1. The van der Waals surface area contributed by atoms with Crippen molar-refractivity contribution in [1.82, 2.24) is 0 Å². The molecule has 1 saturated carbocycles. The van der Waals surface area contributed by atoms with Crippen molar-refractivity contribution in [3.05, 3.63) is 47.6 Å². The largest absolute Gasteiger partial charge is 0.478 e. The quantitative estimate of drug-likeness (QED) is 0.452. The molecule has 0 aromatic carbocycles. The molecule has 4 unspecified atom stereocenters. The second-order valence-corrected chi connectivity index (χ2v) is 8.12. The van der Waals surface area contributed by atoms with Crippen LogP contribution in [0.15, 0.2) is 47.6 Å². The highest BCUT2D eigenvalue weighted by Gasteiger charge is 2.73. The van der Waals surface area contributed by atoms with E-state index in [4.69, 9.17) is 14.6 Å². The van der Waals surface area contributed by atoms with Crippen LogP contribution in [0, 0.1) is 11.3 Å². The fraction of sp³-hybridized carbons (Fsp3) is 0.500. The molecule has 0 amide bonds. The van der Waals surface area contributed by atoms with E-state index in [-0.39, 0.29) is 11.5 Å². The van der Waals surface area contributed by atoms with Gasteiger partial charge >= 0.3 is 17.9 Å². The van der Waals surface area contributed by atoms with Gasteiger partial charge in [0.05, 0.1) is 0 Å². The molecule has 2 fully saturated rings. The molecule has 1 heterocycles. The van der Waals surface area contributed by atoms with Crippen LogP contribution in [-0.4, -0.2) is 34.2 Å². The standard InChI is InChI=1S/C22H26O6/c1-14-7-11-21-12-9-17(22(21,13-8-14)27-16(3)23)20(4,28-19(21)26)10-5-6-15(2)18(24)25/h5-8,10-11,17H,9,12-13H2,1-4H3,(H,24,25). The summed E-state index contributed by atoms with van der Waals surface area (Å²) < 4.78 is 11.8. The minimum atomic E-state index is -1.02. The van der Waals surface area contributed by atoms with Gasteiger partial charge in [-0.2, -0.15) is 0 Å². The number of hydrogen-bond acceptors (Lipinski definition) is 5. The van der Waals surface area contributed by atoms with E-state index in [2.05, 4.69) is 0 Å². The van der Waals surface area contributed by atoms with Gasteiger partial charge in [0.2, 0.25) is 0 Å². The molecule has 1 saturated heterocycles. The summed E-state index contributed by atoms with van der Waals surface area (Å²) in [5.41, 5.74) is -1.86. The molecule has 1 N–H and O–H groups in total. The molecule has 0 spiro atoms. The number of allylic oxidation sites excluding steroid dienone is 4. The molecule has 6 nitrogen and oxygen atoms in total. The normalized spacial score (nSPS) is 37.1. The Bertz CT molecular complexity index is 847. The average molecular weight is 386 g/mol. The molecule has 0 radical (unpaired) electrons. The van der Waals surface area contributed by atoms with Crippen LogP contribution in [0.4, 0.5) is 0 Å². The molecule has 4 atom stereocenters. The number of carboxylic acid groups (broad SMARTS) is 1. The molecule has 150 valence electrons. The first-order valence-electron chi connectivity index (χ1n) is 9.45. The second-order valence-electron chi connectivity index (χ2n) is 8.12. The lowest BCUT2D eigenvalue weighted by Crippen LogP contribution is -2.65. The van der Waals surface area contributed by atoms with Crippen molar-refractivity contribution in [3.8, 4) is 0 Å². The lowest BCUT2D eigenvalue weighted by molar-refractivity contribution is -0.225. The maximum Gasteiger partial charge on any atom is 0.331 e. The lowest BCUT2D eigenvalue weighted by Gasteiger charge is -2.53. The number of aliphatic carboxylic acids is 1. The van der Waals surface area contributed by atoms with Gasteiger partial charge < -0.3 is 14.6 Å². The minimum absolute atomic E-state index is 0.174. The zero-order valence-corrected chi connectivity index (χ0v) is 16.7. The van der Waals surface area contributed by atoms with Crippen molar-refractivity contribution >= 4 is 17.9 Å². The van der Waals surface area contributed by atoms with Crippen molar-refractivity contribution in [2.24, 2.45) is 11.3 Å². The summed E-state index contributed by atoms with van der Waals surface area (Å²) in [4.78, 5) is 36.3. The Labute approximate surface area is 164 Å². The molecule has 2 bridgehead atoms. The highest BCUT2D eigenvalue weighted by atomic mass is 16.6. The number of esters is 2. The highest BCUT2D eigenvalue weighted by Crippen LogP contribution is 2.64. The third-order valence-electron chi connectivity index (χ3n) is 6.31. The van der Waals surface area contributed by atoms with E-state index in [1.54, 1.807) is 19.1 Å². The number of cyclic esters (lactones) is 1. The first-order chi connectivity index (χ1) is 13.1. The second kappa shape index (κ2) is 6.76. The fourth-order valence-electron chi connectivity index (χ4n) is 4.85. The van der Waals surface area contributed by atoms with Crippen molar-refractivity contribution in [3.63, 3.8) is 0 Å². The zero-order chi connectivity index (χ0) is 20.7. The van der Waals surface area contributed by atoms with Crippen LogP contribution in [0.2, 0.25) is 0 Å². The fourth-order valence-corrected chi connectivity index (χ4v) is 4.85. The summed E-state index contributed by atoms with van der Waals surface area (Å²) in [6, 6.07) is 0. The Kier molecular flexibility index (Phi) is 4.86. The zero-order valence-electron chi connectivity index (χ0n) is 16.7. The maximum atomic E-state index is 13.2. The van der Waals surface area contributed by atoms with Gasteiger partial charge in [-0.25, -0.2) is 4.79 Å². The number of carboxylic acids is 1. The maximum absolute atomic E-state index is 13.2. The van der Waals surface area contributed by atoms with Crippen molar-refractivity contribution in [2.75, 3.05) is 0 Å². The molecular weight excluding hydrogens is 360 g/mol. The number of carbonyl (C=O) groups excluding carboxylic acids is 2. The van der Waals surface area contributed by atoms with Crippen LogP contribution in [0.25, 0.3) is 0 Å². The number of carbonyl (C=O) groups is 3. The van der Waals surface area contributed by atoms with E-state index in [0.717, 1.165) is 5.57 Å². The Morgan fingerprint density at radius 3 is 2.71 bits per heavy atom. The molecule has 0 aromatic rings. The van der Waals surface area contributed by atoms with E-state index in [1.165, 1.54) is 19.9 Å². The lowest BCUT2D eigenvalue weighted by atomic mass is 9.63. The molecule has 1 aliphatic heterocycles. The third-order valence-corrected chi connectivity index (χ3v) is 6.31. The Balaban J connectivity index is 2.10. The molecule has 3 rings (SSSR count). The van der Waals surface area contributed by atoms with Crippen molar-refractivity contribution < 1.29 is 29.0 Å². The summed E-state index contributed by atoms with van der Waals surface area (Å²) in [6.07, 6.45) is 12.1. The van der Waals surface area contributed by atoms with Gasteiger partial charge in [0.15, 0.2) is 0 Å². The summed E-state index contributed by atoms with van der Waals surface area (Å²) in [5.74, 6) is -2.10. The van der Waals surface area contributed by atoms with Crippen LogP contribution in [0.3, 0.4) is 0 Å². The Hall–Kier alpha value is -2.63. The first-order valence-corrected chi connectivity index (χ1v) is 9.45. The topological polar surface area (TPSA) is 89.9 Å². The summed E-state index contributed by atoms with van der Waals surface area (Å²) in [5, 5.41) is 9.02. The van der Waals surface area contributed by atoms with E-state index in [9.17, 15) is 14.4 Å². The van der Waals surface area contributed by atoms with E-state index in [0.29, 0.717) is 19.3 Å². The summed E-state index contributed by atoms with van der Waals surface area (Å²) in [6.45, 7) is 6.59. The molecule has 2 aliphatic carbocycles. The van der Waals surface area contributed by atoms with Crippen molar-refractivity contribution in [1.29, 1.82) is 0 Å². The Morgan fingerprint density at radius 1 is 1.36 bits per heavy atom. The monoisotopic (exact) mass is 386 g/mol. The predicted octanol–water partition coefficient (Wildman–Crippen LogP) is 3.49. The number of ether oxygens (including phenoxy) is 2. The van der Waals surface area contributed by atoms with E-state index >= 15 is 0 Å². The molecule has 28 heavy (non-hydrogen) atoms. The van der Waals surface area contributed by atoms with Gasteiger partial charge in [-0.3, -0.25) is 9.59 Å². The van der Waals surface area contributed by atoms with Crippen LogP contribution in [-0.2, 0) is 23.9 Å². The Morgan fingerprint density at radius 2 is 2.07 bits per heavy atom. The highest BCUT2D eigenvalue weighted by molar-refractivity contribution is 5.86. The first kappa shape index (κ1) is 20.1.